The first-order valence-electron chi connectivity index (χ1n) is 4.96. The fourth-order valence-electron chi connectivity index (χ4n) is 1.01. The van der Waals surface area contributed by atoms with Crippen LogP contribution in [0.2, 0.25) is 0 Å². The number of rotatable bonds is 5. The van der Waals surface area contributed by atoms with Crippen LogP contribution in [0.15, 0.2) is 23.2 Å². The predicted molar refractivity (Wildman–Crippen MR) is 60.1 cm³/mol. The van der Waals surface area contributed by atoms with Gasteiger partial charge in [-0.15, -0.1) is 0 Å². The van der Waals surface area contributed by atoms with Crippen LogP contribution in [0.3, 0.4) is 0 Å². The van der Waals surface area contributed by atoms with Crippen molar-refractivity contribution in [1.82, 2.24) is 9.87 Å². The highest BCUT2D eigenvalue weighted by Crippen LogP contribution is 2.11. The molecule has 1 N–H and O–H groups in total. The van der Waals surface area contributed by atoms with Crippen LogP contribution in [0.4, 0.5) is 0 Å². The summed E-state index contributed by atoms with van der Waals surface area (Å²) in [6, 6.07) is 4.46. The van der Waals surface area contributed by atoms with Gasteiger partial charge in [0.15, 0.2) is 5.69 Å². The summed E-state index contributed by atoms with van der Waals surface area (Å²) in [6.45, 7) is 4.03. The number of nitrogens with one attached hydrogen (secondary N) is 1. The summed E-state index contributed by atoms with van der Waals surface area (Å²) < 4.78 is 23.5. The van der Waals surface area contributed by atoms with Gasteiger partial charge in [0, 0.05) is 6.20 Å². The van der Waals surface area contributed by atoms with Crippen molar-refractivity contribution in [3.05, 3.63) is 24.0 Å². The lowest BCUT2D eigenvalue weighted by atomic mass is 10.2. The number of hydrogen-bond donors (Lipinski definition) is 1. The maximum Gasteiger partial charge on any atom is 0.265 e. The van der Waals surface area contributed by atoms with E-state index in [1.165, 1.54) is 18.3 Å². The molecule has 0 saturated carbocycles. The van der Waals surface area contributed by atoms with Crippen LogP contribution in [0, 0.1) is 17.2 Å². The van der Waals surface area contributed by atoms with E-state index in [9.17, 15) is 8.42 Å². The van der Waals surface area contributed by atoms with Gasteiger partial charge in [0.2, 0.25) is 0 Å². The van der Waals surface area contributed by atoms with Crippen molar-refractivity contribution in [2.45, 2.75) is 18.7 Å². The second kappa shape index (κ2) is 5.72. The largest absolute Gasteiger partial charge is 0.287 e. The van der Waals surface area contributed by atoms with Crippen LogP contribution in [-0.2, 0) is 14.9 Å². The Bertz CT molecular complexity index is 520. The van der Waals surface area contributed by atoms with Gasteiger partial charge >= 0.3 is 0 Å². The zero-order valence-electron chi connectivity index (χ0n) is 9.54. The van der Waals surface area contributed by atoms with E-state index in [-0.39, 0.29) is 23.1 Å². The van der Waals surface area contributed by atoms with Crippen LogP contribution in [0.5, 0.6) is 0 Å². The second-order valence-electron chi connectivity index (χ2n) is 3.75. The van der Waals surface area contributed by atoms with E-state index in [0.29, 0.717) is 0 Å². The fourth-order valence-corrected chi connectivity index (χ4v) is 1.94. The highest BCUT2D eigenvalue weighted by molar-refractivity contribution is 7.89. The molecule has 0 aliphatic heterocycles. The average Bonchev–Trinajstić information content (AvgIpc) is 2.28. The predicted octanol–water partition coefficient (Wildman–Crippen LogP) is 0.819. The minimum atomic E-state index is -3.86. The van der Waals surface area contributed by atoms with E-state index in [1.807, 2.05) is 18.7 Å². The van der Waals surface area contributed by atoms with E-state index in [1.54, 1.807) is 6.07 Å². The lowest BCUT2D eigenvalue weighted by Gasteiger charge is -2.09. The maximum absolute atomic E-state index is 11.8. The van der Waals surface area contributed by atoms with Crippen molar-refractivity contribution in [3.8, 4) is 6.07 Å². The molecular formula is C10H13N3O3S. The van der Waals surface area contributed by atoms with Crippen molar-refractivity contribution in [2.24, 2.45) is 5.92 Å². The molecule has 1 aromatic heterocycles. The first-order chi connectivity index (χ1) is 7.97. The quantitative estimate of drug-likeness (QED) is 0.786. The Balaban J connectivity index is 2.87. The molecule has 1 aromatic rings. The Kier molecular flexibility index (Phi) is 4.57. The van der Waals surface area contributed by atoms with Crippen molar-refractivity contribution < 1.29 is 13.3 Å². The molecule has 92 valence electrons. The molecule has 0 radical (unpaired) electrons. The molecule has 0 saturated heterocycles. The van der Waals surface area contributed by atoms with Crippen LogP contribution < -0.4 is 4.89 Å². The monoisotopic (exact) mass is 255 g/mol. The number of sulfonamides is 1. The topological polar surface area (TPSA) is 92.1 Å². The molecule has 6 nitrogen and oxygen atoms in total. The SMILES string of the molecule is CC(C)CONS(=O)(=O)c1cccnc1C#N. The summed E-state index contributed by atoms with van der Waals surface area (Å²) in [7, 11) is -3.86. The first kappa shape index (κ1) is 13.6. The highest BCUT2D eigenvalue weighted by Gasteiger charge is 2.19. The standard InChI is InChI=1S/C10H13N3O3S/c1-8(2)7-16-13-17(14,15)10-4-3-5-12-9(10)6-11/h3-5,8,13H,7H2,1-2H3. The van der Waals surface area contributed by atoms with Crippen LogP contribution in [0.25, 0.3) is 0 Å². The molecule has 17 heavy (non-hydrogen) atoms. The van der Waals surface area contributed by atoms with E-state index >= 15 is 0 Å². The van der Waals surface area contributed by atoms with Crippen LogP contribution in [-0.4, -0.2) is 20.0 Å². The third kappa shape index (κ3) is 3.78. The number of aromatic nitrogens is 1. The Morgan fingerprint density at radius 1 is 1.59 bits per heavy atom. The summed E-state index contributed by atoms with van der Waals surface area (Å²) >= 11 is 0. The molecule has 0 bridgehead atoms. The zero-order chi connectivity index (χ0) is 12.9. The highest BCUT2D eigenvalue weighted by atomic mass is 32.2. The second-order valence-corrected chi connectivity index (χ2v) is 5.37. The van der Waals surface area contributed by atoms with E-state index in [0.717, 1.165) is 0 Å². The van der Waals surface area contributed by atoms with Crippen molar-refractivity contribution in [2.75, 3.05) is 6.61 Å². The summed E-state index contributed by atoms with van der Waals surface area (Å²) in [6.07, 6.45) is 1.35. The average molecular weight is 255 g/mol. The zero-order valence-corrected chi connectivity index (χ0v) is 10.4. The molecule has 0 fully saturated rings. The molecule has 1 rings (SSSR count). The Hall–Kier alpha value is -1.49. The van der Waals surface area contributed by atoms with Gasteiger partial charge in [0.05, 0.1) is 6.61 Å². The van der Waals surface area contributed by atoms with Gasteiger partial charge in [0.1, 0.15) is 11.0 Å². The molecular weight excluding hydrogens is 242 g/mol. The molecule has 0 unspecified atom stereocenters. The molecule has 7 heteroatoms. The number of nitriles is 1. The molecule has 0 spiro atoms. The van der Waals surface area contributed by atoms with Crippen LogP contribution in [0.1, 0.15) is 19.5 Å². The smallest absolute Gasteiger partial charge is 0.265 e. The summed E-state index contributed by atoms with van der Waals surface area (Å²) in [5, 5.41) is 8.75. The number of pyridine rings is 1. The third-order valence-corrected chi connectivity index (χ3v) is 3.00. The minimum Gasteiger partial charge on any atom is -0.287 e. The number of hydrogen-bond acceptors (Lipinski definition) is 5. The molecule has 0 atom stereocenters. The Morgan fingerprint density at radius 3 is 2.88 bits per heavy atom. The summed E-state index contributed by atoms with van der Waals surface area (Å²) in [5.41, 5.74) is -0.159. The first-order valence-corrected chi connectivity index (χ1v) is 6.44. The van der Waals surface area contributed by atoms with Gasteiger partial charge in [-0.2, -0.15) is 5.26 Å². The normalized spacial score (nSPS) is 11.4. The maximum atomic E-state index is 11.8. The third-order valence-electron chi connectivity index (χ3n) is 1.75. The summed E-state index contributed by atoms with van der Waals surface area (Å²) in [4.78, 5) is 10.3. The van der Waals surface area contributed by atoms with Gasteiger partial charge in [-0.1, -0.05) is 18.7 Å². The van der Waals surface area contributed by atoms with E-state index < -0.39 is 10.0 Å². The minimum absolute atomic E-state index is 0.159. The van der Waals surface area contributed by atoms with Gasteiger partial charge in [-0.05, 0) is 18.1 Å². The van der Waals surface area contributed by atoms with Crippen molar-refractivity contribution >= 4 is 10.0 Å². The van der Waals surface area contributed by atoms with Crippen molar-refractivity contribution in [1.29, 1.82) is 5.26 Å². The van der Waals surface area contributed by atoms with Crippen molar-refractivity contribution in [3.63, 3.8) is 0 Å². The molecule has 0 aliphatic rings. The molecule has 0 aromatic carbocycles. The molecule has 0 aliphatic carbocycles. The Labute approximate surface area is 100 Å². The fraction of sp³-hybridized carbons (Fsp3) is 0.400. The lowest BCUT2D eigenvalue weighted by Crippen LogP contribution is -2.26. The van der Waals surface area contributed by atoms with Gasteiger partial charge in [-0.3, -0.25) is 4.84 Å². The van der Waals surface area contributed by atoms with E-state index in [4.69, 9.17) is 10.1 Å². The Morgan fingerprint density at radius 2 is 2.29 bits per heavy atom. The molecule has 1 heterocycles. The number of nitrogens with zero attached hydrogens (tertiary/aromatic N) is 2. The van der Waals surface area contributed by atoms with E-state index in [2.05, 4.69) is 4.98 Å². The summed E-state index contributed by atoms with van der Waals surface area (Å²) in [5.74, 6) is 0.196. The van der Waals surface area contributed by atoms with Crippen LogP contribution >= 0.6 is 0 Å². The lowest BCUT2D eigenvalue weighted by molar-refractivity contribution is 0.0718. The van der Waals surface area contributed by atoms with Gasteiger partial charge in [0.25, 0.3) is 10.0 Å². The molecule has 0 amide bonds. The van der Waals surface area contributed by atoms with Gasteiger partial charge < -0.3 is 0 Å². The van der Waals surface area contributed by atoms with Gasteiger partial charge in [-0.25, -0.2) is 13.4 Å².